The van der Waals surface area contributed by atoms with Crippen LogP contribution in [0.5, 0.6) is 0 Å². The number of anilines is 2. The summed E-state index contributed by atoms with van der Waals surface area (Å²) in [6, 6.07) is 0. The third kappa shape index (κ3) is 7.99. The number of nitrogen functional groups attached to an aromatic ring is 1. The van der Waals surface area contributed by atoms with Crippen molar-refractivity contribution < 1.29 is 61.4 Å². The first-order valence-electron chi connectivity index (χ1n) is 11.2. The van der Waals surface area contributed by atoms with Crippen LogP contribution in [0.15, 0.2) is 6.33 Å². The highest BCUT2D eigenvalue weighted by atomic mass is 31.3. The molecule has 3 heterocycles. The minimum atomic E-state index is -5.73. The standard InChI is InChI=1S/C16H29N6O13P3/c1-2-3-4-5-6-18-16-21-10-13(17)19-8-20-14(10)22(16)15-12(24)11(23)9(33-15)7-32-37(28,29)35-38(30,31)34-36(25,26)27/h8-9,11-12,15,23-24H,2-7H2,1H3,(H,18,21)(H,28,29)(H,30,31)(H2,17,19,20)(H2,25,26,27)/t9-,11-,12-,15-/m1/s1. The topological polar surface area (TPSA) is 291 Å². The number of fused-ring (bicyclic) bond motifs is 1. The number of nitrogens with two attached hydrogens (primary N) is 1. The first-order chi connectivity index (χ1) is 17.6. The van der Waals surface area contributed by atoms with E-state index in [1.54, 1.807) is 0 Å². The van der Waals surface area contributed by atoms with Gasteiger partial charge >= 0.3 is 23.5 Å². The van der Waals surface area contributed by atoms with Gasteiger partial charge in [-0.2, -0.15) is 8.62 Å². The van der Waals surface area contributed by atoms with Gasteiger partial charge in [0.05, 0.1) is 6.61 Å². The Kier molecular flexibility index (Phi) is 10.0. The summed E-state index contributed by atoms with van der Waals surface area (Å²) in [6.45, 7) is 1.60. The molecule has 0 amide bonds. The van der Waals surface area contributed by atoms with Crippen LogP contribution in [0.1, 0.15) is 38.8 Å². The highest BCUT2D eigenvalue weighted by Crippen LogP contribution is 2.66. The van der Waals surface area contributed by atoms with Gasteiger partial charge in [0, 0.05) is 6.54 Å². The number of aliphatic hydroxyl groups is 2. The maximum atomic E-state index is 12.0. The SMILES string of the molecule is CCCCCCNc1nc2c(N)ncnc2n1[C@@H]1O[C@H](COP(=O)(O)OP(=O)(O)OP(=O)(O)O)[C@@H](O)[C@H]1O. The van der Waals surface area contributed by atoms with Crippen molar-refractivity contribution in [3.05, 3.63) is 6.33 Å². The molecule has 19 nitrogen and oxygen atoms in total. The van der Waals surface area contributed by atoms with Crippen LogP contribution in [0, 0.1) is 0 Å². The summed E-state index contributed by atoms with van der Waals surface area (Å²) in [4.78, 5) is 48.5. The quantitative estimate of drug-likeness (QED) is 0.106. The Morgan fingerprint density at radius 3 is 2.42 bits per heavy atom. The minimum absolute atomic E-state index is 0.0417. The Bertz CT molecular complexity index is 1260. The highest BCUT2D eigenvalue weighted by Gasteiger charge is 2.47. The number of unbranched alkanes of at least 4 members (excludes halogenated alkanes) is 3. The van der Waals surface area contributed by atoms with Crippen molar-refractivity contribution in [2.45, 2.75) is 57.1 Å². The van der Waals surface area contributed by atoms with Crippen molar-refractivity contribution in [2.75, 3.05) is 24.2 Å². The van der Waals surface area contributed by atoms with E-state index in [0.717, 1.165) is 32.0 Å². The van der Waals surface area contributed by atoms with Gasteiger partial charge in [-0.25, -0.2) is 28.6 Å². The van der Waals surface area contributed by atoms with Gasteiger partial charge in [0.1, 0.15) is 24.6 Å². The summed E-state index contributed by atoms with van der Waals surface area (Å²) in [5.74, 6) is 0.230. The largest absolute Gasteiger partial charge is 0.490 e. The minimum Gasteiger partial charge on any atom is -0.387 e. The molecular weight excluding hydrogens is 577 g/mol. The first kappa shape index (κ1) is 31.0. The normalized spacial score (nSPS) is 25.3. The van der Waals surface area contributed by atoms with Gasteiger partial charge in [-0.3, -0.25) is 9.09 Å². The fraction of sp³-hybridized carbons (Fsp3) is 0.688. The number of phosphoric acid groups is 3. The second-order valence-corrected chi connectivity index (χ2v) is 12.6. The molecule has 0 aliphatic carbocycles. The molecular formula is C16H29N6O13P3. The molecule has 0 radical (unpaired) electrons. The van der Waals surface area contributed by atoms with Gasteiger partial charge in [-0.1, -0.05) is 26.2 Å². The molecule has 216 valence electrons. The van der Waals surface area contributed by atoms with E-state index in [1.807, 2.05) is 0 Å². The van der Waals surface area contributed by atoms with Gasteiger partial charge in [-0.05, 0) is 6.42 Å². The molecule has 1 fully saturated rings. The number of aromatic nitrogens is 4. The fourth-order valence-corrected chi connectivity index (χ4v) is 6.62. The van der Waals surface area contributed by atoms with Crippen molar-refractivity contribution in [1.82, 2.24) is 19.5 Å². The van der Waals surface area contributed by atoms with Crippen molar-refractivity contribution in [2.24, 2.45) is 0 Å². The van der Waals surface area contributed by atoms with Crippen LogP contribution in [0.25, 0.3) is 11.2 Å². The van der Waals surface area contributed by atoms with E-state index in [1.165, 1.54) is 4.57 Å². The van der Waals surface area contributed by atoms with Crippen LogP contribution in [0.2, 0.25) is 0 Å². The summed E-state index contributed by atoms with van der Waals surface area (Å²) in [6.07, 6.45) is -1.21. The van der Waals surface area contributed by atoms with Gasteiger partial charge in [0.2, 0.25) is 5.95 Å². The van der Waals surface area contributed by atoms with Gasteiger partial charge in [-0.15, -0.1) is 0 Å². The number of nitrogens with zero attached hydrogens (tertiary/aromatic N) is 4. The Morgan fingerprint density at radius 1 is 1.05 bits per heavy atom. The zero-order valence-electron chi connectivity index (χ0n) is 19.9. The molecule has 6 atom stereocenters. The summed E-state index contributed by atoms with van der Waals surface area (Å²) in [7, 11) is -16.8. The molecule has 3 rings (SSSR count). The lowest BCUT2D eigenvalue weighted by atomic mass is 10.1. The fourth-order valence-electron chi connectivity index (χ4n) is 3.60. The van der Waals surface area contributed by atoms with Crippen LogP contribution in [0.4, 0.5) is 11.8 Å². The molecule has 9 N–H and O–H groups in total. The molecule has 1 saturated heterocycles. The van der Waals surface area contributed by atoms with Crippen molar-refractivity contribution in [3.8, 4) is 0 Å². The second kappa shape index (κ2) is 12.3. The maximum Gasteiger partial charge on any atom is 0.490 e. The summed E-state index contributed by atoms with van der Waals surface area (Å²) in [5, 5.41) is 24.3. The Morgan fingerprint density at radius 2 is 1.76 bits per heavy atom. The predicted molar refractivity (Wildman–Crippen MR) is 128 cm³/mol. The summed E-state index contributed by atoms with van der Waals surface area (Å²) < 4.78 is 53.0. The molecule has 0 spiro atoms. The lowest BCUT2D eigenvalue weighted by Gasteiger charge is -2.20. The highest BCUT2D eigenvalue weighted by molar-refractivity contribution is 7.66. The molecule has 2 aromatic heterocycles. The van der Waals surface area contributed by atoms with Gasteiger partial charge < -0.3 is 45.6 Å². The first-order valence-corrected chi connectivity index (χ1v) is 15.7. The average molecular weight is 606 g/mol. The molecule has 1 aliphatic rings. The number of phosphoric ester groups is 1. The van der Waals surface area contributed by atoms with Crippen LogP contribution in [-0.4, -0.2) is 80.8 Å². The second-order valence-electron chi connectivity index (χ2n) is 8.16. The Labute approximate surface area is 215 Å². The molecule has 0 saturated carbocycles. The van der Waals surface area contributed by atoms with E-state index in [9.17, 15) is 33.7 Å². The molecule has 0 aromatic carbocycles. The van der Waals surface area contributed by atoms with E-state index in [0.29, 0.717) is 6.54 Å². The van der Waals surface area contributed by atoms with E-state index in [-0.39, 0.29) is 22.9 Å². The number of aliphatic hydroxyl groups excluding tert-OH is 2. The number of rotatable bonds is 14. The smallest absolute Gasteiger partial charge is 0.387 e. The van der Waals surface area contributed by atoms with Crippen LogP contribution >= 0.6 is 23.5 Å². The summed E-state index contributed by atoms with van der Waals surface area (Å²) >= 11 is 0. The molecule has 0 bridgehead atoms. The molecule has 2 aromatic rings. The number of ether oxygens (including phenoxy) is 1. The van der Waals surface area contributed by atoms with E-state index in [4.69, 9.17) is 20.3 Å². The van der Waals surface area contributed by atoms with Crippen molar-refractivity contribution >= 4 is 46.4 Å². The number of nitrogens with one attached hydrogen (secondary N) is 1. The van der Waals surface area contributed by atoms with E-state index >= 15 is 0 Å². The summed E-state index contributed by atoms with van der Waals surface area (Å²) in [5.41, 5.74) is 6.24. The monoisotopic (exact) mass is 606 g/mol. The molecule has 2 unspecified atom stereocenters. The number of hydrogen-bond acceptors (Lipinski definition) is 14. The third-order valence-electron chi connectivity index (χ3n) is 5.23. The molecule has 38 heavy (non-hydrogen) atoms. The third-order valence-corrected chi connectivity index (χ3v) is 9.03. The predicted octanol–water partition coefficient (Wildman–Crippen LogP) is 0.363. The zero-order chi connectivity index (χ0) is 28.3. The number of hydrogen-bond donors (Lipinski definition) is 8. The Hall–Kier alpha value is -1.56. The maximum absolute atomic E-state index is 12.0. The van der Waals surface area contributed by atoms with Crippen LogP contribution in [-0.2, 0) is 31.6 Å². The van der Waals surface area contributed by atoms with Crippen LogP contribution < -0.4 is 11.1 Å². The van der Waals surface area contributed by atoms with Crippen LogP contribution in [0.3, 0.4) is 0 Å². The zero-order valence-corrected chi connectivity index (χ0v) is 22.6. The number of imidazole rings is 1. The molecule has 1 aliphatic heterocycles. The van der Waals surface area contributed by atoms with Crippen molar-refractivity contribution in [3.63, 3.8) is 0 Å². The van der Waals surface area contributed by atoms with Gasteiger partial charge in [0.25, 0.3) is 0 Å². The Balaban J connectivity index is 1.76. The van der Waals surface area contributed by atoms with E-state index in [2.05, 4.69) is 40.3 Å². The van der Waals surface area contributed by atoms with Crippen molar-refractivity contribution in [1.29, 1.82) is 0 Å². The van der Waals surface area contributed by atoms with E-state index < -0.39 is 54.6 Å². The molecule has 22 heteroatoms. The average Bonchev–Trinajstić information content (AvgIpc) is 3.28. The lowest BCUT2D eigenvalue weighted by molar-refractivity contribution is -0.0493. The lowest BCUT2D eigenvalue weighted by Crippen LogP contribution is -2.33. The van der Waals surface area contributed by atoms with Gasteiger partial charge in [0.15, 0.2) is 23.2 Å².